The number of hydrogen-bond donors (Lipinski definition) is 3. The summed E-state index contributed by atoms with van der Waals surface area (Å²) in [5, 5.41) is 15.0. The zero-order valence-corrected chi connectivity index (χ0v) is 12.4. The SMILES string of the molecule is CC(=O)Nc1ccc2c(c1OCC(O)CCl)CCC(=O)N2. The van der Waals surface area contributed by atoms with Gasteiger partial charge < -0.3 is 20.5 Å². The van der Waals surface area contributed by atoms with E-state index in [-0.39, 0.29) is 24.3 Å². The van der Waals surface area contributed by atoms with Gasteiger partial charge in [-0.1, -0.05) is 0 Å². The van der Waals surface area contributed by atoms with Gasteiger partial charge in [0.2, 0.25) is 11.8 Å². The lowest BCUT2D eigenvalue weighted by atomic mass is 10.0. The molecule has 0 saturated heterocycles. The van der Waals surface area contributed by atoms with E-state index in [1.54, 1.807) is 12.1 Å². The normalized spacial score (nSPS) is 14.9. The molecule has 2 amide bonds. The lowest BCUT2D eigenvalue weighted by molar-refractivity contribution is -0.116. The molecule has 6 nitrogen and oxygen atoms in total. The van der Waals surface area contributed by atoms with E-state index < -0.39 is 6.10 Å². The van der Waals surface area contributed by atoms with Crippen molar-refractivity contribution in [3.8, 4) is 5.75 Å². The topological polar surface area (TPSA) is 87.7 Å². The molecule has 2 rings (SSSR count). The highest BCUT2D eigenvalue weighted by Crippen LogP contribution is 2.37. The number of halogens is 1. The monoisotopic (exact) mass is 312 g/mol. The second-order valence-electron chi connectivity index (χ2n) is 4.82. The predicted octanol–water partition coefficient (Wildman–Crippen LogP) is 1.51. The summed E-state index contributed by atoms with van der Waals surface area (Å²) in [7, 11) is 0. The van der Waals surface area contributed by atoms with Crippen molar-refractivity contribution in [1.29, 1.82) is 0 Å². The standard InChI is InChI=1S/C14H17ClN2O4/c1-8(18)16-12-4-3-11-10(2-5-13(20)17-11)14(12)21-7-9(19)6-15/h3-4,9,19H,2,5-7H2,1H3,(H,16,18)(H,17,20). The molecule has 21 heavy (non-hydrogen) atoms. The molecule has 0 radical (unpaired) electrons. The number of hydrogen-bond acceptors (Lipinski definition) is 4. The maximum Gasteiger partial charge on any atom is 0.224 e. The third-order valence-corrected chi connectivity index (χ3v) is 3.40. The number of benzene rings is 1. The molecule has 1 atom stereocenters. The van der Waals surface area contributed by atoms with Crippen molar-refractivity contribution in [3.05, 3.63) is 17.7 Å². The van der Waals surface area contributed by atoms with Crippen molar-refractivity contribution in [3.63, 3.8) is 0 Å². The Balaban J connectivity index is 2.33. The Labute approximate surface area is 127 Å². The van der Waals surface area contributed by atoms with Crippen LogP contribution in [0.1, 0.15) is 18.9 Å². The summed E-state index contributed by atoms with van der Waals surface area (Å²) in [5.41, 5.74) is 1.98. The van der Waals surface area contributed by atoms with Crippen LogP contribution >= 0.6 is 11.6 Å². The Morgan fingerprint density at radius 3 is 2.95 bits per heavy atom. The average Bonchev–Trinajstić information content (AvgIpc) is 2.45. The Kier molecular flexibility index (Phi) is 5.03. The summed E-state index contributed by atoms with van der Waals surface area (Å²) < 4.78 is 5.62. The Bertz CT molecular complexity index is 562. The number of ether oxygens (including phenoxy) is 1. The molecule has 7 heteroatoms. The number of aliphatic hydroxyl groups is 1. The van der Waals surface area contributed by atoms with Crippen LogP contribution in [0.15, 0.2) is 12.1 Å². The maximum absolute atomic E-state index is 11.4. The van der Waals surface area contributed by atoms with Crippen molar-refractivity contribution in [2.75, 3.05) is 23.1 Å². The van der Waals surface area contributed by atoms with Crippen LogP contribution in [0, 0.1) is 0 Å². The lowest BCUT2D eigenvalue weighted by Gasteiger charge is -2.23. The minimum atomic E-state index is -0.800. The molecule has 1 aromatic rings. The number of anilines is 2. The second-order valence-corrected chi connectivity index (χ2v) is 5.13. The summed E-state index contributed by atoms with van der Waals surface area (Å²) in [6, 6.07) is 3.39. The van der Waals surface area contributed by atoms with Crippen molar-refractivity contribution in [2.24, 2.45) is 0 Å². The number of nitrogens with one attached hydrogen (secondary N) is 2. The van der Waals surface area contributed by atoms with E-state index in [1.807, 2.05) is 0 Å². The summed E-state index contributed by atoms with van der Waals surface area (Å²) >= 11 is 5.55. The Hall–Kier alpha value is -1.79. The molecule has 0 bridgehead atoms. The number of alkyl halides is 1. The lowest BCUT2D eigenvalue weighted by Crippen LogP contribution is -2.23. The highest BCUT2D eigenvalue weighted by atomic mass is 35.5. The Morgan fingerprint density at radius 2 is 2.29 bits per heavy atom. The average molecular weight is 313 g/mol. The van der Waals surface area contributed by atoms with Crippen LogP contribution < -0.4 is 15.4 Å². The molecule has 1 aliphatic rings. The van der Waals surface area contributed by atoms with Crippen molar-refractivity contribution in [1.82, 2.24) is 0 Å². The maximum atomic E-state index is 11.4. The largest absolute Gasteiger partial charge is 0.488 e. The molecule has 0 aliphatic carbocycles. The molecule has 114 valence electrons. The minimum absolute atomic E-state index is 0.0144. The molecule has 0 aromatic heterocycles. The third kappa shape index (κ3) is 3.86. The van der Waals surface area contributed by atoms with Gasteiger partial charge in [0, 0.05) is 24.6 Å². The number of aliphatic hydroxyl groups excluding tert-OH is 1. The fourth-order valence-corrected chi connectivity index (χ4v) is 2.21. The van der Waals surface area contributed by atoms with Crippen molar-refractivity contribution in [2.45, 2.75) is 25.9 Å². The molecular formula is C14H17ClN2O4. The fraction of sp³-hybridized carbons (Fsp3) is 0.429. The van der Waals surface area contributed by atoms with Gasteiger partial charge in [-0.05, 0) is 18.6 Å². The summed E-state index contributed by atoms with van der Waals surface area (Å²) in [6.07, 6.45) is 0.0668. The molecule has 1 heterocycles. The smallest absolute Gasteiger partial charge is 0.224 e. The summed E-state index contributed by atoms with van der Waals surface area (Å²) in [4.78, 5) is 22.7. The van der Waals surface area contributed by atoms with Gasteiger partial charge in [-0.3, -0.25) is 9.59 Å². The zero-order valence-electron chi connectivity index (χ0n) is 11.6. The van der Waals surface area contributed by atoms with Gasteiger partial charge in [-0.2, -0.15) is 0 Å². The van der Waals surface area contributed by atoms with Crippen LogP contribution in [0.5, 0.6) is 5.75 Å². The predicted molar refractivity (Wildman–Crippen MR) is 79.9 cm³/mol. The van der Waals surface area contributed by atoms with Gasteiger partial charge in [0.15, 0.2) is 0 Å². The number of fused-ring (bicyclic) bond motifs is 1. The Morgan fingerprint density at radius 1 is 1.52 bits per heavy atom. The van der Waals surface area contributed by atoms with Gasteiger partial charge in [0.05, 0.1) is 11.6 Å². The van der Waals surface area contributed by atoms with E-state index in [9.17, 15) is 14.7 Å². The molecule has 0 saturated carbocycles. The first kappa shape index (κ1) is 15.6. The van der Waals surface area contributed by atoms with Gasteiger partial charge in [0.1, 0.15) is 18.5 Å². The first-order valence-electron chi connectivity index (χ1n) is 6.61. The first-order valence-corrected chi connectivity index (χ1v) is 7.15. The molecule has 0 spiro atoms. The number of carbonyl (C=O) groups excluding carboxylic acids is 2. The number of amides is 2. The first-order chi connectivity index (χ1) is 10.0. The zero-order chi connectivity index (χ0) is 15.4. The number of carbonyl (C=O) groups is 2. The van der Waals surface area contributed by atoms with Crippen molar-refractivity contribution < 1.29 is 19.4 Å². The van der Waals surface area contributed by atoms with Crippen molar-refractivity contribution >= 4 is 34.8 Å². The second kappa shape index (κ2) is 6.78. The summed E-state index contributed by atoms with van der Waals surface area (Å²) in [5.74, 6) is 0.243. The van der Waals surface area contributed by atoms with Crippen LogP contribution in [0.3, 0.4) is 0 Å². The van der Waals surface area contributed by atoms with Crippen LogP contribution in [-0.2, 0) is 16.0 Å². The number of rotatable bonds is 5. The van der Waals surface area contributed by atoms with Gasteiger partial charge in [-0.15, -0.1) is 11.6 Å². The molecule has 3 N–H and O–H groups in total. The van der Waals surface area contributed by atoms with Crippen LogP contribution in [0.2, 0.25) is 0 Å². The molecule has 0 fully saturated rings. The van der Waals surface area contributed by atoms with Crippen LogP contribution in [-0.4, -0.2) is 35.5 Å². The minimum Gasteiger partial charge on any atom is -0.488 e. The fourth-order valence-electron chi connectivity index (χ4n) is 2.12. The third-order valence-electron chi connectivity index (χ3n) is 3.05. The molecule has 1 aliphatic heterocycles. The molecule has 1 aromatic carbocycles. The van der Waals surface area contributed by atoms with E-state index in [2.05, 4.69) is 10.6 Å². The van der Waals surface area contributed by atoms with Gasteiger partial charge in [0.25, 0.3) is 0 Å². The van der Waals surface area contributed by atoms with Crippen LogP contribution in [0.4, 0.5) is 11.4 Å². The van der Waals surface area contributed by atoms with E-state index in [1.165, 1.54) is 6.92 Å². The highest BCUT2D eigenvalue weighted by molar-refractivity contribution is 6.18. The van der Waals surface area contributed by atoms with E-state index in [0.717, 1.165) is 5.56 Å². The van der Waals surface area contributed by atoms with Gasteiger partial charge >= 0.3 is 0 Å². The van der Waals surface area contributed by atoms with Crippen LogP contribution in [0.25, 0.3) is 0 Å². The highest BCUT2D eigenvalue weighted by Gasteiger charge is 2.22. The molecular weight excluding hydrogens is 296 g/mol. The quantitative estimate of drug-likeness (QED) is 0.719. The van der Waals surface area contributed by atoms with E-state index >= 15 is 0 Å². The van der Waals surface area contributed by atoms with E-state index in [0.29, 0.717) is 30.0 Å². The van der Waals surface area contributed by atoms with E-state index in [4.69, 9.17) is 16.3 Å². The summed E-state index contributed by atoms with van der Waals surface area (Å²) in [6.45, 7) is 1.42. The van der Waals surface area contributed by atoms with Gasteiger partial charge in [-0.25, -0.2) is 0 Å². The molecule has 1 unspecified atom stereocenters.